The van der Waals surface area contributed by atoms with Gasteiger partial charge in [-0.25, -0.2) is 4.79 Å². The van der Waals surface area contributed by atoms with Crippen molar-refractivity contribution in [1.29, 1.82) is 0 Å². The summed E-state index contributed by atoms with van der Waals surface area (Å²) in [4.78, 5) is 35.2. The largest absolute Gasteiger partial charge is 0.493 e. The smallest absolute Gasteiger partial charge is 0.491 e. The normalized spacial score (nSPS) is 14.1. The first kappa shape index (κ1) is 28.1. The summed E-state index contributed by atoms with van der Waals surface area (Å²) in [5, 5.41) is 12.8. The van der Waals surface area contributed by atoms with Crippen molar-refractivity contribution < 1.29 is 37.4 Å². The van der Waals surface area contributed by atoms with E-state index in [2.05, 4.69) is 15.2 Å². The molecule has 1 aromatic carbocycles. The number of amides is 1. The monoisotopic (exact) mass is 546 g/mol. The number of ether oxygens (including phenoxy) is 1. The molecular weight excluding hydrogens is 517 g/mol. The molecule has 1 aliphatic rings. The quantitative estimate of drug-likeness (QED) is 0.403. The number of aliphatic hydroxyl groups excluding tert-OH is 1. The fraction of sp³-hybridized carbons (Fsp3) is 0.370. The summed E-state index contributed by atoms with van der Waals surface area (Å²) in [6, 6.07) is 11.6. The van der Waals surface area contributed by atoms with Crippen LogP contribution in [0.25, 0.3) is 22.5 Å². The first-order chi connectivity index (χ1) is 18.6. The molecule has 0 aliphatic carbocycles. The number of halogens is 3. The van der Waals surface area contributed by atoms with Crippen LogP contribution in [0, 0.1) is 0 Å². The van der Waals surface area contributed by atoms with Gasteiger partial charge in [0, 0.05) is 36.8 Å². The molecule has 0 radical (unpaired) electrons. The van der Waals surface area contributed by atoms with Gasteiger partial charge in [-0.15, -0.1) is 0 Å². The number of likely N-dealkylation sites (N-methyl/N-ethyl adjacent to an activating group) is 1. The molecule has 1 amide bonds. The van der Waals surface area contributed by atoms with Crippen molar-refractivity contribution in [3.8, 4) is 28.3 Å². The van der Waals surface area contributed by atoms with E-state index in [0.717, 1.165) is 17.8 Å². The van der Waals surface area contributed by atoms with Crippen molar-refractivity contribution >= 4 is 11.9 Å². The molecular formula is C27H29F3N4O5. The minimum atomic E-state index is -5.21. The Labute approximate surface area is 223 Å². The number of rotatable bonds is 10. The van der Waals surface area contributed by atoms with E-state index in [4.69, 9.17) is 9.57 Å². The molecule has 9 nitrogen and oxygen atoms in total. The minimum absolute atomic E-state index is 0.112. The third-order valence-electron chi connectivity index (χ3n) is 6.37. The molecule has 1 atom stereocenters. The van der Waals surface area contributed by atoms with Gasteiger partial charge in [-0.1, -0.05) is 13.8 Å². The van der Waals surface area contributed by atoms with Crippen molar-refractivity contribution in [2.24, 2.45) is 0 Å². The van der Waals surface area contributed by atoms with E-state index in [9.17, 15) is 27.9 Å². The topological polar surface area (TPSA) is 106 Å². The number of hydrogen-bond donors (Lipinski definition) is 2. The number of nitrogens with one attached hydrogen (secondary N) is 1. The van der Waals surface area contributed by atoms with Crippen LogP contribution in [0.15, 0.2) is 48.7 Å². The molecule has 0 saturated heterocycles. The van der Waals surface area contributed by atoms with Crippen LogP contribution < -0.4 is 14.9 Å². The van der Waals surface area contributed by atoms with Gasteiger partial charge in [0.15, 0.2) is 0 Å². The summed E-state index contributed by atoms with van der Waals surface area (Å²) >= 11 is 0. The number of nitrogens with zero attached hydrogens (tertiary/aromatic N) is 3. The molecule has 208 valence electrons. The number of fused-ring (bicyclic) bond motifs is 1. The maximum atomic E-state index is 13.0. The molecule has 3 aromatic rings. The van der Waals surface area contributed by atoms with Crippen molar-refractivity contribution in [1.82, 2.24) is 19.9 Å². The first-order valence-corrected chi connectivity index (χ1v) is 12.5. The second-order valence-corrected chi connectivity index (χ2v) is 8.97. The molecule has 2 N–H and O–H groups in total. The second kappa shape index (κ2) is 11.9. The average molecular weight is 547 g/mol. The molecule has 4 rings (SSSR count). The summed E-state index contributed by atoms with van der Waals surface area (Å²) < 4.78 is 45.4. The fourth-order valence-corrected chi connectivity index (χ4v) is 4.29. The molecule has 1 unspecified atom stereocenters. The number of benzene rings is 1. The number of pyridine rings is 1. The number of carbonyl (C=O) groups is 2. The summed E-state index contributed by atoms with van der Waals surface area (Å²) in [5.41, 5.74) is 2.01. The van der Waals surface area contributed by atoms with E-state index in [1.54, 1.807) is 36.4 Å². The van der Waals surface area contributed by atoms with E-state index in [1.807, 2.05) is 13.8 Å². The maximum Gasteiger partial charge on any atom is 0.493 e. The van der Waals surface area contributed by atoms with Gasteiger partial charge in [0.05, 0.1) is 22.6 Å². The third kappa shape index (κ3) is 6.58. The van der Waals surface area contributed by atoms with Gasteiger partial charge in [0.1, 0.15) is 18.5 Å². The highest BCUT2D eigenvalue weighted by molar-refractivity contribution is 5.98. The third-order valence-corrected chi connectivity index (χ3v) is 6.37. The highest BCUT2D eigenvalue weighted by Crippen LogP contribution is 2.31. The van der Waals surface area contributed by atoms with Gasteiger partial charge in [0.25, 0.3) is 5.91 Å². The number of alkyl halides is 3. The van der Waals surface area contributed by atoms with Crippen LogP contribution in [0.2, 0.25) is 0 Å². The lowest BCUT2D eigenvalue weighted by atomic mass is 10.1. The molecule has 0 saturated carbocycles. The Kier molecular flexibility index (Phi) is 8.56. The molecule has 0 bridgehead atoms. The van der Waals surface area contributed by atoms with E-state index in [-0.39, 0.29) is 36.5 Å². The van der Waals surface area contributed by atoms with Crippen molar-refractivity contribution in [3.63, 3.8) is 0 Å². The standard InChI is InChI=1S/C27H29F3N4O5/c1-3-33(4-2)15-19(35)16-38-20-7-5-17(6-8-20)22-13-18(9-11-31-22)24-14-21-23(10-12-32-25(21)36)34(24)39-26(37)27(28,29)30/h5-9,11,13-14,19,35H,3-4,10,12,15-16H2,1-2H3,(H,32,36). The predicted molar refractivity (Wildman–Crippen MR) is 136 cm³/mol. The molecule has 0 fully saturated rings. The highest BCUT2D eigenvalue weighted by Gasteiger charge is 2.43. The molecule has 2 aromatic heterocycles. The highest BCUT2D eigenvalue weighted by atomic mass is 19.4. The molecule has 0 spiro atoms. The zero-order chi connectivity index (χ0) is 28.2. The maximum absolute atomic E-state index is 13.0. The van der Waals surface area contributed by atoms with Crippen LogP contribution in [-0.2, 0) is 11.2 Å². The zero-order valence-electron chi connectivity index (χ0n) is 21.5. The molecule has 1 aliphatic heterocycles. The van der Waals surface area contributed by atoms with Crippen LogP contribution in [0.3, 0.4) is 0 Å². The summed E-state index contributed by atoms with van der Waals surface area (Å²) in [6.07, 6.45) is -4.19. The number of hydrogen-bond acceptors (Lipinski definition) is 7. The van der Waals surface area contributed by atoms with Crippen LogP contribution >= 0.6 is 0 Å². The van der Waals surface area contributed by atoms with Gasteiger partial charge in [-0.2, -0.15) is 17.9 Å². The lowest BCUT2D eigenvalue weighted by Crippen LogP contribution is -2.37. The Balaban J connectivity index is 1.56. The summed E-state index contributed by atoms with van der Waals surface area (Å²) in [6.45, 7) is 6.55. The average Bonchev–Trinajstić information content (AvgIpc) is 3.30. The number of aromatic nitrogens is 2. The summed E-state index contributed by atoms with van der Waals surface area (Å²) in [5.74, 6) is -2.30. The molecule has 39 heavy (non-hydrogen) atoms. The van der Waals surface area contributed by atoms with Gasteiger partial charge in [0.2, 0.25) is 0 Å². The van der Waals surface area contributed by atoms with E-state index < -0.39 is 24.2 Å². The van der Waals surface area contributed by atoms with Crippen LogP contribution in [0.1, 0.15) is 29.9 Å². The Hall–Kier alpha value is -3.90. The second-order valence-electron chi connectivity index (χ2n) is 8.97. The van der Waals surface area contributed by atoms with E-state index in [0.29, 0.717) is 29.1 Å². The van der Waals surface area contributed by atoms with Crippen LogP contribution in [-0.4, -0.2) is 76.7 Å². The number of aliphatic hydroxyl groups is 1. The lowest BCUT2D eigenvalue weighted by Gasteiger charge is -2.21. The zero-order valence-corrected chi connectivity index (χ0v) is 21.5. The number of carbonyl (C=O) groups excluding carboxylic acids is 2. The van der Waals surface area contributed by atoms with E-state index >= 15 is 0 Å². The lowest BCUT2D eigenvalue weighted by molar-refractivity contribution is -0.199. The fourth-order valence-electron chi connectivity index (χ4n) is 4.29. The van der Waals surface area contributed by atoms with Crippen LogP contribution in [0.4, 0.5) is 13.2 Å². The summed E-state index contributed by atoms with van der Waals surface area (Å²) in [7, 11) is 0. The molecule has 12 heteroatoms. The van der Waals surface area contributed by atoms with Crippen LogP contribution in [0.5, 0.6) is 5.75 Å². The van der Waals surface area contributed by atoms with Crippen molar-refractivity contribution in [3.05, 3.63) is 59.9 Å². The van der Waals surface area contributed by atoms with Gasteiger partial charge < -0.3 is 24.9 Å². The Morgan fingerprint density at radius 1 is 1.15 bits per heavy atom. The van der Waals surface area contributed by atoms with Gasteiger partial charge >= 0.3 is 12.1 Å². The molecule has 3 heterocycles. The van der Waals surface area contributed by atoms with E-state index in [1.165, 1.54) is 12.3 Å². The minimum Gasteiger partial charge on any atom is -0.491 e. The van der Waals surface area contributed by atoms with Crippen molar-refractivity contribution in [2.75, 3.05) is 32.8 Å². The Morgan fingerprint density at radius 3 is 2.54 bits per heavy atom. The van der Waals surface area contributed by atoms with Gasteiger partial charge in [-0.3, -0.25) is 9.78 Å². The van der Waals surface area contributed by atoms with Crippen molar-refractivity contribution in [2.45, 2.75) is 32.5 Å². The Morgan fingerprint density at radius 2 is 1.87 bits per heavy atom. The first-order valence-electron chi connectivity index (χ1n) is 12.5. The predicted octanol–water partition coefficient (Wildman–Crippen LogP) is 3.10. The van der Waals surface area contributed by atoms with Gasteiger partial charge in [-0.05, 0) is 55.6 Å². The Bertz CT molecular complexity index is 1320. The SMILES string of the molecule is CCN(CC)CC(O)COc1ccc(-c2cc(-c3cc4c(n3OC(=O)C(F)(F)F)CCNC4=O)ccn2)cc1.